The topological polar surface area (TPSA) is 108 Å². The fourth-order valence-corrected chi connectivity index (χ4v) is 2.65. The van der Waals surface area contributed by atoms with Crippen molar-refractivity contribution in [2.45, 2.75) is 6.61 Å². The van der Waals surface area contributed by atoms with Crippen LogP contribution in [0.15, 0.2) is 72.8 Å². The standard InChI is InChI=1S/C22H17FN2O6/c23-16-10-11-18(19(12-16)25(28)29)24-21(26)14-31-22(27)17-8-4-5-9-20(17)30-13-15-6-2-1-3-7-15/h1-12H,13-14H2,(H,24,26). The van der Waals surface area contributed by atoms with E-state index < -0.39 is 34.9 Å². The molecule has 3 aromatic rings. The first-order chi connectivity index (χ1) is 14.9. The lowest BCUT2D eigenvalue weighted by Crippen LogP contribution is -2.21. The third-order valence-corrected chi connectivity index (χ3v) is 4.11. The average Bonchev–Trinajstić information content (AvgIpc) is 2.78. The summed E-state index contributed by atoms with van der Waals surface area (Å²) in [5, 5.41) is 13.2. The SMILES string of the molecule is O=C(COC(=O)c1ccccc1OCc1ccccc1)Nc1ccc(F)cc1[N+](=O)[O-]. The van der Waals surface area contributed by atoms with E-state index in [1.54, 1.807) is 18.2 Å². The summed E-state index contributed by atoms with van der Waals surface area (Å²) in [4.78, 5) is 34.6. The third kappa shape index (κ3) is 5.86. The highest BCUT2D eigenvalue weighted by atomic mass is 19.1. The molecule has 158 valence electrons. The molecular weight excluding hydrogens is 407 g/mol. The number of para-hydroxylation sites is 1. The van der Waals surface area contributed by atoms with Crippen LogP contribution < -0.4 is 10.1 Å². The maximum absolute atomic E-state index is 13.2. The van der Waals surface area contributed by atoms with Gasteiger partial charge in [0.25, 0.3) is 11.6 Å². The number of halogens is 1. The van der Waals surface area contributed by atoms with E-state index in [0.717, 1.165) is 17.7 Å². The number of nitro groups is 1. The van der Waals surface area contributed by atoms with Crippen molar-refractivity contribution >= 4 is 23.3 Å². The zero-order chi connectivity index (χ0) is 22.2. The van der Waals surface area contributed by atoms with Gasteiger partial charge >= 0.3 is 5.97 Å². The number of ether oxygens (including phenoxy) is 2. The Bertz CT molecular complexity index is 1100. The van der Waals surface area contributed by atoms with Gasteiger partial charge in [0.1, 0.15) is 29.4 Å². The van der Waals surface area contributed by atoms with Gasteiger partial charge in [0, 0.05) is 0 Å². The summed E-state index contributed by atoms with van der Waals surface area (Å²) >= 11 is 0. The quantitative estimate of drug-likeness (QED) is 0.331. The second kappa shape index (κ2) is 9.97. The molecule has 0 spiro atoms. The summed E-state index contributed by atoms with van der Waals surface area (Å²) in [5.74, 6) is -2.15. The van der Waals surface area contributed by atoms with Gasteiger partial charge in [-0.3, -0.25) is 14.9 Å². The van der Waals surface area contributed by atoms with Crippen LogP contribution in [0, 0.1) is 15.9 Å². The van der Waals surface area contributed by atoms with Gasteiger partial charge in [-0.1, -0.05) is 42.5 Å². The molecule has 0 aliphatic carbocycles. The molecule has 0 atom stereocenters. The van der Waals surface area contributed by atoms with Crippen molar-refractivity contribution in [3.63, 3.8) is 0 Å². The van der Waals surface area contributed by atoms with Crippen molar-refractivity contribution in [2.75, 3.05) is 11.9 Å². The summed E-state index contributed by atoms with van der Waals surface area (Å²) < 4.78 is 23.9. The summed E-state index contributed by atoms with van der Waals surface area (Å²) in [6.45, 7) is -0.458. The zero-order valence-corrected chi connectivity index (χ0v) is 16.1. The number of esters is 1. The lowest BCUT2D eigenvalue weighted by molar-refractivity contribution is -0.384. The minimum atomic E-state index is -0.828. The van der Waals surface area contributed by atoms with Gasteiger partial charge in [-0.2, -0.15) is 0 Å². The molecule has 1 N–H and O–H groups in total. The van der Waals surface area contributed by atoms with Crippen LogP contribution in [0.4, 0.5) is 15.8 Å². The molecule has 0 fully saturated rings. The first-order valence-electron chi connectivity index (χ1n) is 9.10. The number of nitro benzene ring substituents is 1. The van der Waals surface area contributed by atoms with E-state index in [-0.39, 0.29) is 23.6 Å². The van der Waals surface area contributed by atoms with Crippen LogP contribution in [-0.2, 0) is 16.1 Å². The number of carbonyl (C=O) groups excluding carboxylic acids is 2. The number of benzene rings is 3. The Kier molecular flexibility index (Phi) is 6.89. The molecule has 0 aliphatic heterocycles. The van der Waals surface area contributed by atoms with Crippen LogP contribution in [0.3, 0.4) is 0 Å². The highest BCUT2D eigenvalue weighted by Crippen LogP contribution is 2.25. The van der Waals surface area contributed by atoms with Gasteiger partial charge in [0.2, 0.25) is 0 Å². The van der Waals surface area contributed by atoms with Crippen LogP contribution >= 0.6 is 0 Å². The van der Waals surface area contributed by atoms with E-state index in [0.29, 0.717) is 6.07 Å². The molecule has 0 bridgehead atoms. The predicted molar refractivity (Wildman–Crippen MR) is 109 cm³/mol. The summed E-state index contributed by atoms with van der Waals surface area (Å²) in [7, 11) is 0. The van der Waals surface area contributed by atoms with Gasteiger partial charge in [0.05, 0.1) is 11.0 Å². The number of nitrogens with zero attached hydrogens (tertiary/aromatic N) is 1. The van der Waals surface area contributed by atoms with Crippen LogP contribution in [0.5, 0.6) is 5.75 Å². The molecule has 3 aromatic carbocycles. The first-order valence-corrected chi connectivity index (χ1v) is 9.10. The molecule has 0 unspecified atom stereocenters. The maximum Gasteiger partial charge on any atom is 0.342 e. The van der Waals surface area contributed by atoms with E-state index in [1.165, 1.54) is 6.07 Å². The summed E-state index contributed by atoms with van der Waals surface area (Å²) in [6.07, 6.45) is 0. The number of amides is 1. The first kappa shape index (κ1) is 21.4. The number of hydrogen-bond donors (Lipinski definition) is 1. The fraction of sp³-hybridized carbons (Fsp3) is 0.0909. The van der Waals surface area contributed by atoms with Gasteiger partial charge < -0.3 is 14.8 Å². The van der Waals surface area contributed by atoms with Gasteiger partial charge in [-0.25, -0.2) is 9.18 Å². The van der Waals surface area contributed by atoms with Crippen LogP contribution in [0.2, 0.25) is 0 Å². The van der Waals surface area contributed by atoms with Gasteiger partial charge in [-0.15, -0.1) is 0 Å². The van der Waals surface area contributed by atoms with Crippen LogP contribution in [0.25, 0.3) is 0 Å². The molecular formula is C22H17FN2O6. The minimum absolute atomic E-state index is 0.124. The molecule has 0 aromatic heterocycles. The molecule has 0 aliphatic rings. The highest BCUT2D eigenvalue weighted by molar-refractivity contribution is 5.97. The maximum atomic E-state index is 13.2. The fourth-order valence-electron chi connectivity index (χ4n) is 2.65. The monoisotopic (exact) mass is 424 g/mol. The normalized spacial score (nSPS) is 10.2. The number of carbonyl (C=O) groups is 2. The Morgan fingerprint density at radius 2 is 1.71 bits per heavy atom. The average molecular weight is 424 g/mol. The van der Waals surface area contributed by atoms with E-state index >= 15 is 0 Å². The summed E-state index contributed by atoms with van der Waals surface area (Å²) in [6, 6.07) is 18.5. The second-order valence-corrected chi connectivity index (χ2v) is 6.31. The molecule has 0 radical (unpaired) electrons. The van der Waals surface area contributed by atoms with E-state index in [1.807, 2.05) is 30.3 Å². The summed E-state index contributed by atoms with van der Waals surface area (Å²) in [5.41, 5.74) is 0.211. The highest BCUT2D eigenvalue weighted by Gasteiger charge is 2.19. The van der Waals surface area contributed by atoms with Crippen molar-refractivity contribution in [1.82, 2.24) is 0 Å². The van der Waals surface area contributed by atoms with Crippen LogP contribution in [0.1, 0.15) is 15.9 Å². The predicted octanol–water partition coefficient (Wildman–Crippen LogP) is 4.11. The van der Waals surface area contributed by atoms with Crippen molar-refractivity contribution < 1.29 is 28.4 Å². The van der Waals surface area contributed by atoms with E-state index in [4.69, 9.17) is 9.47 Å². The van der Waals surface area contributed by atoms with Crippen molar-refractivity contribution in [3.05, 3.63) is 99.9 Å². The number of rotatable bonds is 8. The minimum Gasteiger partial charge on any atom is -0.488 e. The Morgan fingerprint density at radius 3 is 2.45 bits per heavy atom. The van der Waals surface area contributed by atoms with Crippen molar-refractivity contribution in [2.24, 2.45) is 0 Å². The lowest BCUT2D eigenvalue weighted by Gasteiger charge is -2.11. The Balaban J connectivity index is 1.61. The molecule has 0 saturated heterocycles. The van der Waals surface area contributed by atoms with Gasteiger partial charge in [0.15, 0.2) is 6.61 Å². The molecule has 0 saturated carbocycles. The molecule has 3 rings (SSSR count). The van der Waals surface area contributed by atoms with E-state index in [9.17, 15) is 24.1 Å². The zero-order valence-electron chi connectivity index (χ0n) is 16.1. The molecule has 8 nitrogen and oxygen atoms in total. The smallest absolute Gasteiger partial charge is 0.342 e. The van der Waals surface area contributed by atoms with Crippen LogP contribution in [-0.4, -0.2) is 23.4 Å². The molecule has 9 heteroatoms. The Labute approximate surface area is 176 Å². The molecule has 1 amide bonds. The molecule has 31 heavy (non-hydrogen) atoms. The van der Waals surface area contributed by atoms with Crippen molar-refractivity contribution in [3.8, 4) is 5.75 Å². The Hall–Kier alpha value is -4.27. The lowest BCUT2D eigenvalue weighted by atomic mass is 10.2. The van der Waals surface area contributed by atoms with Gasteiger partial charge in [-0.05, 0) is 29.8 Å². The second-order valence-electron chi connectivity index (χ2n) is 6.31. The Morgan fingerprint density at radius 1 is 1.00 bits per heavy atom. The number of hydrogen-bond acceptors (Lipinski definition) is 6. The van der Waals surface area contributed by atoms with E-state index in [2.05, 4.69) is 5.32 Å². The third-order valence-electron chi connectivity index (χ3n) is 4.11. The molecule has 0 heterocycles. The largest absolute Gasteiger partial charge is 0.488 e. The number of nitrogens with one attached hydrogen (secondary N) is 1. The number of anilines is 1. The van der Waals surface area contributed by atoms with Crippen molar-refractivity contribution in [1.29, 1.82) is 0 Å².